The number of urea groups is 1. The summed E-state index contributed by atoms with van der Waals surface area (Å²) in [5.74, 6) is 0. The molecule has 2 amide bonds. The lowest BCUT2D eigenvalue weighted by atomic mass is 10.0. The normalized spacial score (nSPS) is 12.8. The first-order valence-corrected chi connectivity index (χ1v) is 12.8. The van der Waals surface area contributed by atoms with E-state index < -0.39 is 0 Å². The molecule has 0 atom stereocenters. The monoisotopic (exact) mass is 503 g/mol. The summed E-state index contributed by atoms with van der Waals surface area (Å²) < 4.78 is 3.84. The van der Waals surface area contributed by atoms with Crippen LogP contribution in [-0.2, 0) is 19.5 Å². The van der Waals surface area contributed by atoms with E-state index in [0.29, 0.717) is 26.1 Å². The second-order valence-corrected chi connectivity index (χ2v) is 9.69. The van der Waals surface area contributed by atoms with Gasteiger partial charge in [0, 0.05) is 35.5 Å². The van der Waals surface area contributed by atoms with Crippen LogP contribution in [0.15, 0.2) is 85.1 Å². The van der Waals surface area contributed by atoms with Crippen LogP contribution in [0.2, 0.25) is 0 Å². The third-order valence-electron chi connectivity index (χ3n) is 7.10. The van der Waals surface area contributed by atoms with E-state index in [1.165, 1.54) is 11.1 Å². The Kier molecular flexibility index (Phi) is 6.21. The van der Waals surface area contributed by atoms with Gasteiger partial charge in [-0.2, -0.15) is 5.10 Å². The maximum Gasteiger partial charge on any atom is 0.322 e. The van der Waals surface area contributed by atoms with Crippen LogP contribution >= 0.6 is 0 Å². The number of aromatic nitrogens is 5. The van der Waals surface area contributed by atoms with Crippen LogP contribution in [0.5, 0.6) is 0 Å². The second-order valence-electron chi connectivity index (χ2n) is 9.69. The van der Waals surface area contributed by atoms with Crippen LogP contribution in [0.4, 0.5) is 10.5 Å². The zero-order chi connectivity index (χ0) is 26.1. The molecule has 0 unspecified atom stereocenters. The van der Waals surface area contributed by atoms with E-state index in [1.54, 1.807) is 0 Å². The fourth-order valence-electron chi connectivity index (χ4n) is 4.87. The van der Waals surface area contributed by atoms with Gasteiger partial charge in [0.15, 0.2) is 0 Å². The topological polar surface area (TPSA) is 80.9 Å². The summed E-state index contributed by atoms with van der Waals surface area (Å²) in [6.07, 6.45) is 2.67. The number of hydrogen-bond donors (Lipinski definition) is 1. The molecular weight excluding hydrogens is 474 g/mol. The van der Waals surface area contributed by atoms with Crippen molar-refractivity contribution in [3.05, 3.63) is 113 Å². The number of nitrogens with zero attached hydrogens (tertiary/aromatic N) is 6. The molecule has 3 aromatic carbocycles. The molecule has 0 spiro atoms. The number of para-hydroxylation sites is 1. The summed E-state index contributed by atoms with van der Waals surface area (Å²) in [6.45, 7) is 5.81. The minimum absolute atomic E-state index is 0.107. The summed E-state index contributed by atoms with van der Waals surface area (Å²) in [6, 6.07) is 25.9. The smallest absolute Gasteiger partial charge is 0.320 e. The Labute approximate surface area is 221 Å². The van der Waals surface area contributed by atoms with E-state index in [9.17, 15) is 4.79 Å². The fourth-order valence-corrected chi connectivity index (χ4v) is 4.87. The van der Waals surface area contributed by atoms with Gasteiger partial charge in [0.25, 0.3) is 0 Å². The maximum atomic E-state index is 13.1. The molecule has 0 bridgehead atoms. The SMILES string of the molecule is Cc1ccc(-n2cc(Cn3nc(-c4ccccc4)c4c3CCN(C(=O)Nc3ccccc3)C4)nn2)cc1C. The van der Waals surface area contributed by atoms with Crippen molar-refractivity contribution in [3.8, 4) is 16.9 Å². The molecule has 0 saturated heterocycles. The predicted molar refractivity (Wildman–Crippen MR) is 147 cm³/mol. The Bertz CT molecular complexity index is 1590. The highest BCUT2D eigenvalue weighted by Crippen LogP contribution is 2.31. The van der Waals surface area contributed by atoms with Gasteiger partial charge in [0.05, 0.1) is 30.7 Å². The van der Waals surface area contributed by atoms with E-state index in [2.05, 4.69) is 59.8 Å². The third-order valence-corrected chi connectivity index (χ3v) is 7.10. The van der Waals surface area contributed by atoms with Gasteiger partial charge in [0.1, 0.15) is 5.69 Å². The average molecular weight is 504 g/mol. The summed E-state index contributed by atoms with van der Waals surface area (Å²) in [4.78, 5) is 14.9. The molecule has 2 aromatic heterocycles. The van der Waals surface area contributed by atoms with Crippen molar-refractivity contribution < 1.29 is 4.79 Å². The summed E-state index contributed by atoms with van der Waals surface area (Å²) >= 11 is 0. The first kappa shape index (κ1) is 23.7. The first-order chi connectivity index (χ1) is 18.5. The fraction of sp³-hybridized carbons (Fsp3) is 0.200. The van der Waals surface area contributed by atoms with Crippen LogP contribution in [0, 0.1) is 13.8 Å². The van der Waals surface area contributed by atoms with Crippen molar-refractivity contribution in [1.29, 1.82) is 0 Å². The molecular formula is C30H29N7O. The molecule has 8 nitrogen and oxygen atoms in total. The molecule has 1 aliphatic rings. The molecule has 38 heavy (non-hydrogen) atoms. The molecule has 0 radical (unpaired) electrons. The molecule has 0 fully saturated rings. The Hall–Kier alpha value is -4.72. The summed E-state index contributed by atoms with van der Waals surface area (Å²) in [5, 5.41) is 16.8. The van der Waals surface area contributed by atoms with Gasteiger partial charge in [-0.15, -0.1) is 5.10 Å². The number of carbonyl (C=O) groups is 1. The number of rotatable bonds is 5. The van der Waals surface area contributed by atoms with Gasteiger partial charge in [0.2, 0.25) is 0 Å². The van der Waals surface area contributed by atoms with E-state index in [1.807, 2.05) is 69.0 Å². The van der Waals surface area contributed by atoms with Gasteiger partial charge in [-0.1, -0.05) is 59.8 Å². The van der Waals surface area contributed by atoms with Crippen LogP contribution < -0.4 is 5.32 Å². The number of amides is 2. The zero-order valence-corrected chi connectivity index (χ0v) is 21.5. The molecule has 1 aliphatic heterocycles. The summed E-state index contributed by atoms with van der Waals surface area (Å²) in [7, 11) is 0. The number of anilines is 1. The van der Waals surface area contributed by atoms with E-state index in [4.69, 9.17) is 5.10 Å². The van der Waals surface area contributed by atoms with Gasteiger partial charge in [-0.3, -0.25) is 4.68 Å². The van der Waals surface area contributed by atoms with Crippen LogP contribution in [0.25, 0.3) is 16.9 Å². The molecule has 0 aliphatic carbocycles. The highest BCUT2D eigenvalue weighted by atomic mass is 16.2. The molecule has 8 heteroatoms. The van der Waals surface area contributed by atoms with Crippen molar-refractivity contribution in [2.45, 2.75) is 33.4 Å². The van der Waals surface area contributed by atoms with Crippen LogP contribution in [-0.4, -0.2) is 42.3 Å². The van der Waals surface area contributed by atoms with Crippen LogP contribution in [0.1, 0.15) is 28.1 Å². The van der Waals surface area contributed by atoms with Crippen molar-refractivity contribution in [2.75, 3.05) is 11.9 Å². The van der Waals surface area contributed by atoms with Crippen molar-refractivity contribution >= 4 is 11.7 Å². The number of benzene rings is 3. The highest BCUT2D eigenvalue weighted by molar-refractivity contribution is 5.89. The molecule has 6 rings (SSSR count). The Balaban J connectivity index is 1.29. The summed E-state index contributed by atoms with van der Waals surface area (Å²) in [5.41, 5.74) is 9.21. The Morgan fingerprint density at radius 3 is 2.47 bits per heavy atom. The number of nitrogens with one attached hydrogen (secondary N) is 1. The predicted octanol–water partition coefficient (Wildman–Crippen LogP) is 5.39. The minimum Gasteiger partial charge on any atom is -0.320 e. The van der Waals surface area contributed by atoms with Crippen molar-refractivity contribution in [3.63, 3.8) is 0 Å². The highest BCUT2D eigenvalue weighted by Gasteiger charge is 2.28. The van der Waals surface area contributed by atoms with Crippen molar-refractivity contribution in [1.82, 2.24) is 29.7 Å². The quantitative estimate of drug-likeness (QED) is 0.349. The lowest BCUT2D eigenvalue weighted by Crippen LogP contribution is -2.39. The number of carbonyl (C=O) groups excluding carboxylic acids is 1. The van der Waals surface area contributed by atoms with Gasteiger partial charge >= 0.3 is 6.03 Å². The molecule has 5 aromatic rings. The van der Waals surface area contributed by atoms with Gasteiger partial charge in [-0.25, -0.2) is 9.48 Å². The van der Waals surface area contributed by atoms with E-state index >= 15 is 0 Å². The van der Waals surface area contributed by atoms with Gasteiger partial charge in [-0.05, 0) is 49.2 Å². The van der Waals surface area contributed by atoms with E-state index in [-0.39, 0.29) is 6.03 Å². The molecule has 0 saturated carbocycles. The maximum absolute atomic E-state index is 13.1. The number of fused-ring (bicyclic) bond motifs is 1. The molecule has 190 valence electrons. The zero-order valence-electron chi connectivity index (χ0n) is 21.5. The lowest BCUT2D eigenvalue weighted by molar-refractivity contribution is 0.206. The van der Waals surface area contributed by atoms with Gasteiger partial charge < -0.3 is 10.2 Å². The van der Waals surface area contributed by atoms with E-state index in [0.717, 1.165) is 39.6 Å². The average Bonchev–Trinajstić information content (AvgIpc) is 3.56. The lowest BCUT2D eigenvalue weighted by Gasteiger charge is -2.28. The van der Waals surface area contributed by atoms with Crippen molar-refractivity contribution in [2.24, 2.45) is 0 Å². The Morgan fingerprint density at radius 1 is 0.947 bits per heavy atom. The number of aryl methyl sites for hydroxylation is 2. The molecule has 3 heterocycles. The minimum atomic E-state index is -0.107. The second kappa shape index (κ2) is 9.97. The third kappa shape index (κ3) is 4.68. The number of hydrogen-bond acceptors (Lipinski definition) is 4. The Morgan fingerprint density at radius 2 is 1.71 bits per heavy atom. The molecule has 1 N–H and O–H groups in total. The first-order valence-electron chi connectivity index (χ1n) is 12.8. The standard InChI is InChI=1S/C30H29N7O/c1-21-13-14-26(17-22(21)2)36-18-25(32-34-36)19-37-28-15-16-35(30(38)31-24-11-7-4-8-12-24)20-27(28)29(33-37)23-9-5-3-6-10-23/h3-14,17-18H,15-16,19-20H2,1-2H3,(H,31,38). The van der Waals surface area contributed by atoms with Crippen LogP contribution in [0.3, 0.4) is 0 Å². The largest absolute Gasteiger partial charge is 0.322 e.